The molecule has 0 N–H and O–H groups in total. The molecule has 0 amide bonds. The predicted molar refractivity (Wildman–Crippen MR) is 73.3 cm³/mol. The number of hydrogen-bond donors (Lipinski definition) is 0. The van der Waals surface area contributed by atoms with Gasteiger partial charge in [-0.05, 0) is 31.4 Å². The Morgan fingerprint density at radius 1 is 1.29 bits per heavy atom. The molecule has 0 bridgehead atoms. The van der Waals surface area contributed by atoms with E-state index in [9.17, 15) is 0 Å². The lowest BCUT2D eigenvalue weighted by molar-refractivity contribution is 0.803. The van der Waals surface area contributed by atoms with Crippen LogP contribution < -0.4 is 0 Å². The number of nitrogens with zero attached hydrogens (tertiary/aromatic N) is 1. The Kier molecular flexibility index (Phi) is 3.98. The van der Waals surface area contributed by atoms with Crippen molar-refractivity contribution in [3.63, 3.8) is 0 Å². The van der Waals surface area contributed by atoms with Gasteiger partial charge in [0.1, 0.15) is 0 Å². The van der Waals surface area contributed by atoms with E-state index in [2.05, 4.69) is 42.1 Å². The average Bonchev–Trinajstić information content (AvgIpc) is 3.14. The van der Waals surface area contributed by atoms with Crippen LogP contribution in [-0.4, -0.2) is 12.8 Å². The van der Waals surface area contributed by atoms with Crippen molar-refractivity contribution in [1.82, 2.24) is 0 Å². The van der Waals surface area contributed by atoms with Crippen molar-refractivity contribution in [2.24, 2.45) is 10.4 Å². The highest BCUT2D eigenvalue weighted by atomic mass is 14.7. The third-order valence-corrected chi connectivity index (χ3v) is 3.00. The highest BCUT2D eigenvalue weighted by Gasteiger charge is 2.39. The van der Waals surface area contributed by atoms with Crippen LogP contribution in [0.3, 0.4) is 0 Å². The van der Waals surface area contributed by atoms with Gasteiger partial charge in [0.2, 0.25) is 0 Å². The molecular formula is C16H19N. The van der Waals surface area contributed by atoms with Gasteiger partial charge in [0.15, 0.2) is 0 Å². The molecule has 1 fully saturated rings. The Balaban J connectivity index is 1.94. The van der Waals surface area contributed by atoms with E-state index in [1.807, 2.05) is 18.2 Å². The summed E-state index contributed by atoms with van der Waals surface area (Å²) in [5.41, 5.74) is 1.20. The second kappa shape index (κ2) is 5.68. The maximum absolute atomic E-state index is 4.48. The first-order chi connectivity index (χ1) is 8.35. The second-order valence-electron chi connectivity index (χ2n) is 4.66. The van der Waals surface area contributed by atoms with Crippen LogP contribution in [0.4, 0.5) is 0 Å². The topological polar surface area (TPSA) is 12.4 Å². The molecule has 17 heavy (non-hydrogen) atoms. The molecule has 0 saturated heterocycles. The van der Waals surface area contributed by atoms with E-state index >= 15 is 0 Å². The molecule has 1 saturated carbocycles. The Morgan fingerprint density at radius 3 is 2.71 bits per heavy atom. The summed E-state index contributed by atoms with van der Waals surface area (Å²) in [5, 5.41) is 0. The van der Waals surface area contributed by atoms with Crippen LogP contribution in [0.5, 0.6) is 0 Å². The zero-order valence-corrected chi connectivity index (χ0v) is 10.4. The van der Waals surface area contributed by atoms with Crippen LogP contribution in [0.25, 0.3) is 0 Å². The number of unbranched alkanes of at least 4 members (excludes halogenated alkanes) is 1. The maximum atomic E-state index is 4.48. The standard InChI is InChI=1S/C16H19N/c1-2-3-13-17-14-16(11-12-16)10-9-15-7-5-4-6-8-15/h4-8,14H,2-3,11-13H2,1H3. The number of aliphatic imine (C=N–C) groups is 1. The third kappa shape index (κ3) is 3.75. The Morgan fingerprint density at radius 2 is 2.06 bits per heavy atom. The van der Waals surface area contributed by atoms with Crippen molar-refractivity contribution >= 4 is 6.21 Å². The smallest absolute Gasteiger partial charge is 0.0666 e. The number of rotatable bonds is 4. The third-order valence-electron chi connectivity index (χ3n) is 3.00. The van der Waals surface area contributed by atoms with Crippen molar-refractivity contribution in [3.8, 4) is 11.8 Å². The summed E-state index contributed by atoms with van der Waals surface area (Å²) in [6.45, 7) is 3.14. The van der Waals surface area contributed by atoms with Gasteiger partial charge in [-0.15, -0.1) is 0 Å². The van der Waals surface area contributed by atoms with Gasteiger partial charge in [-0.1, -0.05) is 43.4 Å². The van der Waals surface area contributed by atoms with Crippen LogP contribution in [0.15, 0.2) is 35.3 Å². The Labute approximate surface area is 104 Å². The molecule has 0 aliphatic heterocycles. The molecule has 1 aromatic carbocycles. The summed E-state index contributed by atoms with van der Waals surface area (Å²) in [5.74, 6) is 6.61. The summed E-state index contributed by atoms with van der Waals surface area (Å²) in [7, 11) is 0. The summed E-state index contributed by atoms with van der Waals surface area (Å²) in [4.78, 5) is 4.48. The number of hydrogen-bond acceptors (Lipinski definition) is 1. The van der Waals surface area contributed by atoms with Gasteiger partial charge in [0.05, 0.1) is 5.41 Å². The van der Waals surface area contributed by atoms with Gasteiger partial charge in [-0.3, -0.25) is 4.99 Å². The quantitative estimate of drug-likeness (QED) is 0.421. The molecular weight excluding hydrogens is 206 g/mol. The minimum Gasteiger partial charge on any atom is -0.296 e. The SMILES string of the molecule is CCCCN=CC1(C#Cc2ccccc2)CC1. The maximum Gasteiger partial charge on any atom is 0.0666 e. The van der Waals surface area contributed by atoms with Gasteiger partial charge in [-0.2, -0.15) is 0 Å². The Hall–Kier alpha value is -1.55. The van der Waals surface area contributed by atoms with Crippen LogP contribution in [0, 0.1) is 17.3 Å². The van der Waals surface area contributed by atoms with E-state index in [0.717, 1.165) is 12.1 Å². The van der Waals surface area contributed by atoms with Crippen LogP contribution in [0.2, 0.25) is 0 Å². The van der Waals surface area contributed by atoms with Crippen molar-refractivity contribution in [2.45, 2.75) is 32.6 Å². The fourth-order valence-electron chi connectivity index (χ4n) is 1.63. The second-order valence-corrected chi connectivity index (χ2v) is 4.66. The van der Waals surface area contributed by atoms with E-state index in [1.165, 1.54) is 25.7 Å². The molecule has 0 atom stereocenters. The average molecular weight is 225 g/mol. The highest BCUT2D eigenvalue weighted by molar-refractivity contribution is 5.74. The van der Waals surface area contributed by atoms with Crippen molar-refractivity contribution in [2.75, 3.05) is 6.54 Å². The lowest BCUT2D eigenvalue weighted by atomic mass is 10.1. The first-order valence-corrected chi connectivity index (χ1v) is 6.44. The lowest BCUT2D eigenvalue weighted by Gasteiger charge is -1.97. The van der Waals surface area contributed by atoms with Gasteiger partial charge in [0.25, 0.3) is 0 Å². The van der Waals surface area contributed by atoms with E-state index < -0.39 is 0 Å². The largest absolute Gasteiger partial charge is 0.296 e. The minimum atomic E-state index is 0.101. The van der Waals surface area contributed by atoms with Crippen LogP contribution in [0.1, 0.15) is 38.2 Å². The zero-order chi connectivity index (χ0) is 12.0. The fourth-order valence-corrected chi connectivity index (χ4v) is 1.63. The molecule has 0 spiro atoms. The molecule has 1 aliphatic rings. The van der Waals surface area contributed by atoms with Crippen molar-refractivity contribution in [1.29, 1.82) is 0 Å². The van der Waals surface area contributed by atoms with E-state index in [1.54, 1.807) is 0 Å². The Bertz CT molecular complexity index is 430. The molecule has 0 unspecified atom stereocenters. The van der Waals surface area contributed by atoms with E-state index in [0.29, 0.717) is 0 Å². The first kappa shape index (κ1) is 11.9. The molecule has 0 radical (unpaired) electrons. The summed E-state index contributed by atoms with van der Waals surface area (Å²) < 4.78 is 0. The fraction of sp³-hybridized carbons (Fsp3) is 0.438. The van der Waals surface area contributed by atoms with Gasteiger partial charge < -0.3 is 0 Å². The molecule has 2 rings (SSSR count). The molecule has 1 aromatic rings. The molecule has 0 aromatic heterocycles. The van der Waals surface area contributed by atoms with Gasteiger partial charge >= 0.3 is 0 Å². The summed E-state index contributed by atoms with van der Waals surface area (Å²) in [6, 6.07) is 10.2. The normalized spacial score (nSPS) is 16.5. The van der Waals surface area contributed by atoms with Crippen LogP contribution >= 0.6 is 0 Å². The summed E-state index contributed by atoms with van der Waals surface area (Å²) in [6.07, 6.45) is 6.81. The first-order valence-electron chi connectivity index (χ1n) is 6.44. The summed E-state index contributed by atoms with van der Waals surface area (Å²) >= 11 is 0. The van der Waals surface area contributed by atoms with E-state index in [4.69, 9.17) is 0 Å². The van der Waals surface area contributed by atoms with Crippen molar-refractivity contribution < 1.29 is 0 Å². The van der Waals surface area contributed by atoms with Gasteiger partial charge in [0, 0.05) is 18.3 Å². The molecule has 88 valence electrons. The zero-order valence-electron chi connectivity index (χ0n) is 10.4. The van der Waals surface area contributed by atoms with Gasteiger partial charge in [-0.25, -0.2) is 0 Å². The van der Waals surface area contributed by atoms with Crippen LogP contribution in [-0.2, 0) is 0 Å². The minimum absolute atomic E-state index is 0.101. The monoisotopic (exact) mass is 225 g/mol. The number of benzene rings is 1. The van der Waals surface area contributed by atoms with E-state index in [-0.39, 0.29) is 5.41 Å². The molecule has 1 aliphatic carbocycles. The lowest BCUT2D eigenvalue weighted by Crippen LogP contribution is -1.98. The molecule has 0 heterocycles. The molecule has 1 heteroatoms. The highest BCUT2D eigenvalue weighted by Crippen LogP contribution is 2.43. The predicted octanol–water partition coefficient (Wildman–Crippen LogP) is 3.69. The molecule has 1 nitrogen and oxygen atoms in total. The van der Waals surface area contributed by atoms with Crippen molar-refractivity contribution in [3.05, 3.63) is 35.9 Å².